The number of amides is 1. The van der Waals surface area contributed by atoms with E-state index in [0.29, 0.717) is 5.56 Å². The molecule has 1 N–H and O–H groups in total. The van der Waals surface area contributed by atoms with E-state index in [-0.39, 0.29) is 6.42 Å². The van der Waals surface area contributed by atoms with Crippen LogP contribution in [0.1, 0.15) is 5.56 Å². The minimum absolute atomic E-state index is 0.00115. The zero-order chi connectivity index (χ0) is 14.0. The second kappa shape index (κ2) is 5.24. The van der Waals surface area contributed by atoms with Gasteiger partial charge in [-0.05, 0) is 30.4 Å². The van der Waals surface area contributed by atoms with Gasteiger partial charge in [0.1, 0.15) is 0 Å². The molecule has 0 radical (unpaired) electrons. The highest BCUT2D eigenvalue weighted by Crippen LogP contribution is 2.28. The fourth-order valence-corrected chi connectivity index (χ4v) is 2.25. The van der Waals surface area contributed by atoms with Crippen molar-refractivity contribution in [2.45, 2.75) is 17.5 Å². The molecule has 0 fully saturated rings. The molecule has 0 saturated heterocycles. The summed E-state index contributed by atoms with van der Waals surface area (Å²) in [6.07, 6.45) is -2.67. The van der Waals surface area contributed by atoms with E-state index in [1.807, 2.05) is 23.8 Å². The van der Waals surface area contributed by atoms with Gasteiger partial charge in [0, 0.05) is 4.90 Å². The highest BCUT2D eigenvalue weighted by atomic mass is 32.2. The number of halogens is 3. The van der Waals surface area contributed by atoms with Crippen LogP contribution in [-0.4, -0.2) is 24.1 Å². The van der Waals surface area contributed by atoms with Crippen molar-refractivity contribution in [2.75, 3.05) is 6.26 Å². The number of nitrogens with zero attached hydrogens (tertiary/aromatic N) is 1. The summed E-state index contributed by atoms with van der Waals surface area (Å²) in [7, 11) is 0. The lowest BCUT2D eigenvalue weighted by Crippen LogP contribution is -2.33. The van der Waals surface area contributed by atoms with Gasteiger partial charge in [-0.25, -0.2) is 5.43 Å². The fourth-order valence-electron chi connectivity index (χ4n) is 1.84. The maximum atomic E-state index is 12.7. The van der Waals surface area contributed by atoms with E-state index in [4.69, 9.17) is 0 Å². The third-order valence-corrected chi connectivity index (χ3v) is 3.57. The summed E-state index contributed by atoms with van der Waals surface area (Å²) < 4.78 is 38.0. The zero-order valence-electron chi connectivity index (χ0n) is 9.99. The molecule has 102 valence electrons. The highest BCUT2D eigenvalue weighted by molar-refractivity contribution is 7.98. The first-order valence-corrected chi connectivity index (χ1v) is 6.72. The molecule has 0 aromatic heterocycles. The summed E-state index contributed by atoms with van der Waals surface area (Å²) in [6, 6.07) is 7.09. The van der Waals surface area contributed by atoms with Crippen molar-refractivity contribution < 1.29 is 18.0 Å². The smallest absolute Gasteiger partial charge is 0.272 e. The molecule has 0 spiro atoms. The Kier molecular flexibility index (Phi) is 3.84. The first kappa shape index (κ1) is 13.9. The molecule has 1 aliphatic rings. The summed E-state index contributed by atoms with van der Waals surface area (Å²) in [5.74, 6) is -1.97. The largest absolute Gasteiger partial charge is 0.432 e. The Bertz CT molecular complexity index is 511. The number of hydrogen-bond acceptors (Lipinski definition) is 3. The molecule has 1 aromatic rings. The predicted molar refractivity (Wildman–Crippen MR) is 67.0 cm³/mol. The third-order valence-electron chi connectivity index (χ3n) is 2.82. The maximum Gasteiger partial charge on any atom is 0.432 e. The summed E-state index contributed by atoms with van der Waals surface area (Å²) >= 11 is 1.54. The van der Waals surface area contributed by atoms with Gasteiger partial charge >= 0.3 is 6.18 Å². The molecule has 1 aliphatic heterocycles. The second-order valence-corrected chi connectivity index (χ2v) is 4.96. The van der Waals surface area contributed by atoms with E-state index in [9.17, 15) is 18.0 Å². The van der Waals surface area contributed by atoms with Crippen LogP contribution in [0.2, 0.25) is 0 Å². The number of nitrogens with one attached hydrogen (secondary N) is 1. The average Bonchev–Trinajstić information content (AvgIpc) is 2.72. The Morgan fingerprint density at radius 3 is 2.47 bits per heavy atom. The number of carbonyl (C=O) groups excluding carboxylic acids is 1. The molecule has 0 bridgehead atoms. The summed E-state index contributed by atoms with van der Waals surface area (Å²) in [6.45, 7) is 0. The van der Waals surface area contributed by atoms with Crippen LogP contribution in [0.25, 0.3) is 0 Å². The van der Waals surface area contributed by atoms with Crippen molar-refractivity contribution in [1.82, 2.24) is 5.43 Å². The van der Waals surface area contributed by atoms with Crippen LogP contribution in [0.5, 0.6) is 0 Å². The van der Waals surface area contributed by atoms with Crippen LogP contribution in [0.15, 0.2) is 34.3 Å². The standard InChI is InChI=1S/C12H11F3N2OS/c1-19-8-4-2-7(3-5-8)6-9-10(12(13,14)15)16-17-11(9)18/h2-5,9H,6H2,1H3,(H,17,18). The predicted octanol–water partition coefficient (Wildman–Crippen LogP) is 2.62. The second-order valence-electron chi connectivity index (χ2n) is 4.08. The van der Waals surface area contributed by atoms with E-state index >= 15 is 0 Å². The number of hydrazone groups is 1. The van der Waals surface area contributed by atoms with Crippen LogP contribution in [0.4, 0.5) is 13.2 Å². The topological polar surface area (TPSA) is 41.5 Å². The van der Waals surface area contributed by atoms with Gasteiger partial charge < -0.3 is 0 Å². The molecule has 1 atom stereocenters. The van der Waals surface area contributed by atoms with Crippen molar-refractivity contribution in [3.63, 3.8) is 0 Å². The molecular formula is C12H11F3N2OS. The van der Waals surface area contributed by atoms with E-state index in [1.165, 1.54) is 0 Å². The molecule has 7 heteroatoms. The minimum Gasteiger partial charge on any atom is -0.272 e. The first-order chi connectivity index (χ1) is 8.91. The number of benzene rings is 1. The number of rotatable bonds is 3. The van der Waals surface area contributed by atoms with Gasteiger partial charge in [0.2, 0.25) is 5.91 Å². The zero-order valence-corrected chi connectivity index (χ0v) is 10.8. The van der Waals surface area contributed by atoms with Gasteiger partial charge in [-0.1, -0.05) is 12.1 Å². The molecule has 1 unspecified atom stereocenters. The Morgan fingerprint density at radius 1 is 1.32 bits per heavy atom. The molecule has 1 amide bonds. The van der Waals surface area contributed by atoms with Crippen LogP contribution >= 0.6 is 11.8 Å². The monoisotopic (exact) mass is 288 g/mol. The lowest BCUT2D eigenvalue weighted by Gasteiger charge is -2.13. The normalized spacial score (nSPS) is 19.3. The molecule has 2 rings (SSSR count). The molecular weight excluding hydrogens is 277 g/mol. The average molecular weight is 288 g/mol. The van der Waals surface area contributed by atoms with Crippen molar-refractivity contribution in [3.05, 3.63) is 29.8 Å². The van der Waals surface area contributed by atoms with E-state index < -0.39 is 23.7 Å². The molecule has 0 saturated carbocycles. The van der Waals surface area contributed by atoms with Crippen LogP contribution in [-0.2, 0) is 11.2 Å². The Labute approximate surface area is 112 Å². The number of carbonyl (C=O) groups is 1. The van der Waals surface area contributed by atoms with E-state index in [2.05, 4.69) is 5.10 Å². The van der Waals surface area contributed by atoms with Gasteiger partial charge in [0.25, 0.3) is 0 Å². The third kappa shape index (κ3) is 3.09. The van der Waals surface area contributed by atoms with Gasteiger partial charge in [-0.2, -0.15) is 18.3 Å². The summed E-state index contributed by atoms with van der Waals surface area (Å²) in [4.78, 5) is 12.4. The first-order valence-electron chi connectivity index (χ1n) is 5.49. The molecule has 3 nitrogen and oxygen atoms in total. The van der Waals surface area contributed by atoms with Crippen LogP contribution in [0, 0.1) is 5.92 Å². The molecule has 1 aromatic carbocycles. The van der Waals surface area contributed by atoms with Crippen LogP contribution < -0.4 is 5.43 Å². The van der Waals surface area contributed by atoms with Gasteiger partial charge in [0.05, 0.1) is 5.92 Å². The highest BCUT2D eigenvalue weighted by Gasteiger charge is 2.47. The van der Waals surface area contributed by atoms with Crippen molar-refractivity contribution in [3.8, 4) is 0 Å². The number of thioether (sulfide) groups is 1. The van der Waals surface area contributed by atoms with Crippen LogP contribution in [0.3, 0.4) is 0 Å². The Morgan fingerprint density at radius 2 is 1.95 bits per heavy atom. The number of hydrogen-bond donors (Lipinski definition) is 1. The van der Waals surface area contributed by atoms with Crippen molar-refractivity contribution >= 4 is 23.4 Å². The Hall–Kier alpha value is -1.50. The molecule has 19 heavy (non-hydrogen) atoms. The van der Waals surface area contributed by atoms with E-state index in [1.54, 1.807) is 23.9 Å². The fraction of sp³-hybridized carbons (Fsp3) is 0.333. The van der Waals surface area contributed by atoms with Gasteiger partial charge in [-0.3, -0.25) is 4.79 Å². The van der Waals surface area contributed by atoms with E-state index in [0.717, 1.165) is 4.90 Å². The lowest BCUT2D eigenvalue weighted by molar-refractivity contribution is -0.122. The lowest BCUT2D eigenvalue weighted by atomic mass is 9.94. The minimum atomic E-state index is -4.58. The molecule has 0 aliphatic carbocycles. The summed E-state index contributed by atoms with van der Waals surface area (Å²) in [5, 5.41) is 3.09. The van der Waals surface area contributed by atoms with Gasteiger partial charge in [-0.15, -0.1) is 11.8 Å². The SMILES string of the molecule is CSc1ccc(CC2C(=O)NN=C2C(F)(F)F)cc1. The maximum absolute atomic E-state index is 12.7. The van der Waals surface area contributed by atoms with Crippen molar-refractivity contribution in [2.24, 2.45) is 11.0 Å². The van der Waals surface area contributed by atoms with Crippen molar-refractivity contribution in [1.29, 1.82) is 0 Å². The molecule has 1 heterocycles. The number of alkyl halides is 3. The van der Waals surface area contributed by atoms with Gasteiger partial charge in [0.15, 0.2) is 5.71 Å². The quantitative estimate of drug-likeness (QED) is 0.869. The Balaban J connectivity index is 2.16. The summed E-state index contributed by atoms with van der Waals surface area (Å²) in [5.41, 5.74) is 1.52.